The third-order valence-electron chi connectivity index (χ3n) is 5.52. The number of fused-ring (bicyclic) bond motifs is 3. The maximum atomic E-state index is 14.2. The molecule has 1 aliphatic rings. The first-order valence-electron chi connectivity index (χ1n) is 10.7. The van der Waals surface area contributed by atoms with Crippen LogP contribution < -0.4 is 5.32 Å². The zero-order valence-electron chi connectivity index (χ0n) is 18.1. The van der Waals surface area contributed by atoms with E-state index < -0.39 is 23.4 Å². The fourth-order valence-electron chi connectivity index (χ4n) is 3.99. The van der Waals surface area contributed by atoms with Crippen LogP contribution in [-0.2, 0) is 28.7 Å². The highest BCUT2D eigenvalue weighted by molar-refractivity contribution is 6.09. The zero-order valence-corrected chi connectivity index (χ0v) is 18.1. The van der Waals surface area contributed by atoms with Crippen LogP contribution in [0.2, 0.25) is 0 Å². The summed E-state index contributed by atoms with van der Waals surface area (Å²) in [5, 5.41) is 15.9. The number of benzene rings is 1. The van der Waals surface area contributed by atoms with E-state index in [-0.39, 0.29) is 29.1 Å². The van der Waals surface area contributed by atoms with Gasteiger partial charge in [0.25, 0.3) is 5.91 Å². The molecule has 0 saturated carbocycles. The number of carbonyl (C=O) groups is 1. The fraction of sp³-hybridized carbons (Fsp3) is 0.304. The Bertz CT molecular complexity index is 1450. The minimum atomic E-state index is -4.88. The number of amides is 1. The Morgan fingerprint density at radius 1 is 1.29 bits per heavy atom. The van der Waals surface area contributed by atoms with Gasteiger partial charge in [-0.2, -0.15) is 23.5 Å². The zero-order chi connectivity index (χ0) is 24.6. The third-order valence-corrected chi connectivity index (χ3v) is 5.52. The van der Waals surface area contributed by atoms with Crippen LogP contribution in [0.25, 0.3) is 21.9 Å². The first-order valence-corrected chi connectivity index (χ1v) is 10.7. The number of nitrogens with one attached hydrogen (secondary N) is 1. The number of rotatable bonds is 5. The van der Waals surface area contributed by atoms with Gasteiger partial charge in [-0.15, -0.1) is 0 Å². The third kappa shape index (κ3) is 4.55. The van der Waals surface area contributed by atoms with E-state index in [2.05, 4.69) is 15.4 Å². The molecule has 0 radical (unpaired) electrons. The van der Waals surface area contributed by atoms with Gasteiger partial charge in [0.1, 0.15) is 22.8 Å². The molecule has 4 aromatic rings. The van der Waals surface area contributed by atoms with Gasteiger partial charge in [-0.25, -0.2) is 0 Å². The number of hydrogen-bond donors (Lipinski definition) is 1. The Kier molecular flexibility index (Phi) is 5.88. The second-order valence-corrected chi connectivity index (χ2v) is 7.93. The van der Waals surface area contributed by atoms with E-state index in [1.807, 2.05) is 6.07 Å². The number of halogens is 3. The first-order chi connectivity index (χ1) is 16.8. The van der Waals surface area contributed by atoms with Crippen molar-refractivity contribution in [3.05, 3.63) is 59.2 Å². The number of furan rings is 1. The van der Waals surface area contributed by atoms with Gasteiger partial charge in [0.2, 0.25) is 5.76 Å². The van der Waals surface area contributed by atoms with E-state index in [1.165, 1.54) is 29.1 Å². The van der Waals surface area contributed by atoms with Gasteiger partial charge in [0, 0.05) is 17.8 Å². The molecule has 1 amide bonds. The molecule has 0 aliphatic carbocycles. The molecule has 1 N–H and O–H groups in total. The molecule has 1 atom stereocenters. The van der Waals surface area contributed by atoms with Gasteiger partial charge in [-0.1, -0.05) is 0 Å². The molecule has 0 unspecified atom stereocenters. The van der Waals surface area contributed by atoms with Gasteiger partial charge in [0.05, 0.1) is 55.6 Å². The molecule has 180 valence electrons. The monoisotopic (exact) mass is 485 g/mol. The number of hydrogen-bond acceptors (Lipinski definition) is 7. The second-order valence-electron chi connectivity index (χ2n) is 7.93. The minimum Gasteiger partial charge on any atom is -0.450 e. The van der Waals surface area contributed by atoms with Crippen molar-refractivity contribution in [3.63, 3.8) is 0 Å². The van der Waals surface area contributed by atoms with E-state index in [9.17, 15) is 18.0 Å². The molecule has 1 saturated heterocycles. The van der Waals surface area contributed by atoms with Crippen LogP contribution in [0.4, 0.5) is 13.2 Å². The van der Waals surface area contributed by atoms with Crippen LogP contribution >= 0.6 is 0 Å². The summed E-state index contributed by atoms with van der Waals surface area (Å²) in [6.07, 6.45) is -2.16. The standard InChI is InChI=1S/C23H18F3N5O4/c24-23(25,26)19-18-17(35-21(19)22(32)29-9-15-7-13(8-27)3-4-28-15)2-1-14-10-31(30-20(14)18)11-16-12-33-5-6-34-16/h1-4,7,10,16H,5-6,9,11-12H2,(H,29,32)/t16-/m0/s1. The molecule has 4 heterocycles. The summed E-state index contributed by atoms with van der Waals surface area (Å²) in [5.41, 5.74) is -0.610. The van der Waals surface area contributed by atoms with E-state index in [4.69, 9.17) is 19.2 Å². The lowest BCUT2D eigenvalue weighted by molar-refractivity contribution is -0.137. The first kappa shape index (κ1) is 22.8. The normalized spacial score (nSPS) is 16.5. The smallest absolute Gasteiger partial charge is 0.421 e. The predicted molar refractivity (Wildman–Crippen MR) is 115 cm³/mol. The van der Waals surface area contributed by atoms with Crippen molar-refractivity contribution in [1.82, 2.24) is 20.1 Å². The van der Waals surface area contributed by atoms with Crippen molar-refractivity contribution in [2.24, 2.45) is 0 Å². The van der Waals surface area contributed by atoms with E-state index in [0.717, 1.165) is 0 Å². The molecule has 0 spiro atoms. The Labute approximate surface area is 196 Å². The molecule has 1 aliphatic heterocycles. The van der Waals surface area contributed by atoms with Crippen molar-refractivity contribution in [2.45, 2.75) is 25.4 Å². The quantitative estimate of drug-likeness (QED) is 0.461. The van der Waals surface area contributed by atoms with Crippen molar-refractivity contribution in [2.75, 3.05) is 19.8 Å². The molecule has 5 rings (SSSR count). The average Bonchev–Trinajstić information content (AvgIpc) is 3.44. The number of aromatic nitrogens is 3. The summed E-state index contributed by atoms with van der Waals surface area (Å²) >= 11 is 0. The number of pyridine rings is 1. The molecular weight excluding hydrogens is 467 g/mol. The molecule has 35 heavy (non-hydrogen) atoms. The van der Waals surface area contributed by atoms with Gasteiger partial charge in [0.15, 0.2) is 0 Å². The fourth-order valence-corrected chi connectivity index (χ4v) is 3.99. The highest BCUT2D eigenvalue weighted by atomic mass is 19.4. The molecule has 1 aromatic carbocycles. The second kappa shape index (κ2) is 9.01. The SMILES string of the molecule is N#Cc1ccnc(CNC(=O)c2oc3ccc4cn(C[C@H]5COCCO5)nc4c3c2C(F)(F)F)c1. The molecule has 0 bridgehead atoms. The van der Waals surface area contributed by atoms with Crippen molar-refractivity contribution in [1.29, 1.82) is 5.26 Å². The molecule has 12 heteroatoms. The Hall–Kier alpha value is -3.95. The van der Waals surface area contributed by atoms with Crippen molar-refractivity contribution < 1.29 is 31.9 Å². The minimum absolute atomic E-state index is 0.0674. The molecule has 1 fully saturated rings. The Morgan fingerprint density at radius 2 is 2.14 bits per heavy atom. The number of nitrogens with zero attached hydrogens (tertiary/aromatic N) is 4. The molecule has 3 aromatic heterocycles. The van der Waals surface area contributed by atoms with Gasteiger partial charge in [-0.3, -0.25) is 14.5 Å². The van der Waals surface area contributed by atoms with Crippen LogP contribution in [0.5, 0.6) is 0 Å². The van der Waals surface area contributed by atoms with Gasteiger partial charge in [-0.05, 0) is 24.3 Å². The summed E-state index contributed by atoms with van der Waals surface area (Å²) in [7, 11) is 0. The lowest BCUT2D eigenvalue weighted by Gasteiger charge is -2.22. The van der Waals surface area contributed by atoms with Crippen molar-refractivity contribution >= 4 is 27.8 Å². The maximum Gasteiger partial charge on any atom is 0.421 e. The summed E-state index contributed by atoms with van der Waals surface area (Å²) in [6.45, 7) is 1.41. The van der Waals surface area contributed by atoms with Crippen molar-refractivity contribution in [3.8, 4) is 6.07 Å². The predicted octanol–water partition coefficient (Wildman–Crippen LogP) is 3.41. The van der Waals surface area contributed by atoms with Crippen LogP contribution in [-0.4, -0.2) is 46.6 Å². The largest absolute Gasteiger partial charge is 0.450 e. The summed E-state index contributed by atoms with van der Waals surface area (Å²) in [4.78, 5) is 16.8. The van der Waals surface area contributed by atoms with Gasteiger partial charge >= 0.3 is 6.18 Å². The van der Waals surface area contributed by atoms with Crippen LogP contribution in [0.15, 0.2) is 41.1 Å². The summed E-state index contributed by atoms with van der Waals surface area (Å²) in [6, 6.07) is 7.81. The van der Waals surface area contributed by atoms with Crippen LogP contribution in [0.3, 0.4) is 0 Å². The van der Waals surface area contributed by atoms with E-state index in [1.54, 1.807) is 12.3 Å². The summed E-state index contributed by atoms with van der Waals surface area (Å²) in [5.74, 6) is -1.92. The Morgan fingerprint density at radius 3 is 2.89 bits per heavy atom. The van der Waals surface area contributed by atoms with Crippen LogP contribution in [0.1, 0.15) is 27.4 Å². The average molecular weight is 485 g/mol. The lowest BCUT2D eigenvalue weighted by Crippen LogP contribution is -2.32. The highest BCUT2D eigenvalue weighted by Crippen LogP contribution is 2.42. The van der Waals surface area contributed by atoms with Crippen LogP contribution in [0, 0.1) is 11.3 Å². The number of carbonyl (C=O) groups excluding carboxylic acids is 1. The number of alkyl halides is 3. The topological polar surface area (TPSA) is 115 Å². The number of nitriles is 1. The Balaban J connectivity index is 1.50. The maximum absolute atomic E-state index is 14.2. The highest BCUT2D eigenvalue weighted by Gasteiger charge is 2.42. The van der Waals surface area contributed by atoms with Gasteiger partial charge < -0.3 is 19.2 Å². The lowest BCUT2D eigenvalue weighted by atomic mass is 10.1. The summed E-state index contributed by atoms with van der Waals surface area (Å²) < 4.78 is 60.4. The van der Waals surface area contributed by atoms with E-state index >= 15 is 0 Å². The molecule has 9 nitrogen and oxygen atoms in total. The van der Waals surface area contributed by atoms with E-state index in [0.29, 0.717) is 43.0 Å². The molecular formula is C23H18F3N5O4. The number of ether oxygens (including phenoxy) is 2.